The Hall–Kier alpha value is -2.38. The van der Waals surface area contributed by atoms with E-state index in [-0.39, 0.29) is 6.10 Å². The van der Waals surface area contributed by atoms with Gasteiger partial charge < -0.3 is 9.47 Å². The molecule has 1 aliphatic heterocycles. The highest BCUT2D eigenvalue weighted by molar-refractivity contribution is 7.92. The minimum Gasteiger partial charge on any atom is -0.444 e. The number of hydrogen-bond donors (Lipinski definition) is 1. The van der Waals surface area contributed by atoms with E-state index < -0.39 is 27.0 Å². The van der Waals surface area contributed by atoms with Gasteiger partial charge in [-0.15, -0.1) is 0 Å². The number of nitrogens with one attached hydrogen (secondary N) is 1. The fourth-order valence-corrected chi connectivity index (χ4v) is 4.81. The zero-order valence-electron chi connectivity index (χ0n) is 18.1. The summed E-state index contributed by atoms with van der Waals surface area (Å²) in [5.74, 6) is 0. The SMILES string of the molecule is Cc1ccc(S(=O)(=O)C2OC2CCc2cc(NC(=O)OC(C)(C)C)ccc2C)cc1. The van der Waals surface area contributed by atoms with Gasteiger partial charge in [0.1, 0.15) is 11.7 Å². The van der Waals surface area contributed by atoms with Crippen LogP contribution >= 0.6 is 0 Å². The van der Waals surface area contributed by atoms with E-state index >= 15 is 0 Å². The minimum atomic E-state index is -3.48. The lowest BCUT2D eigenvalue weighted by Gasteiger charge is -2.20. The van der Waals surface area contributed by atoms with Crippen molar-refractivity contribution in [3.05, 3.63) is 59.2 Å². The summed E-state index contributed by atoms with van der Waals surface area (Å²) >= 11 is 0. The maximum Gasteiger partial charge on any atom is 0.412 e. The molecule has 0 aromatic heterocycles. The summed E-state index contributed by atoms with van der Waals surface area (Å²) in [7, 11) is -3.48. The standard InChI is InChI=1S/C23H29NO5S/c1-15-6-11-19(12-7-15)30(26,27)21-20(28-21)13-9-17-14-18(10-8-16(17)2)24-22(25)29-23(3,4)5/h6-8,10-12,14,20-21H,9,13H2,1-5H3,(H,24,25). The van der Waals surface area contributed by atoms with Crippen molar-refractivity contribution in [3.8, 4) is 0 Å². The zero-order chi connectivity index (χ0) is 22.1. The molecule has 0 spiro atoms. The zero-order valence-corrected chi connectivity index (χ0v) is 18.9. The van der Waals surface area contributed by atoms with E-state index in [0.29, 0.717) is 23.4 Å². The highest BCUT2D eigenvalue weighted by Gasteiger charge is 2.49. The van der Waals surface area contributed by atoms with Crippen molar-refractivity contribution in [2.75, 3.05) is 5.32 Å². The van der Waals surface area contributed by atoms with Crippen LogP contribution in [-0.2, 0) is 25.7 Å². The van der Waals surface area contributed by atoms with Gasteiger partial charge in [0.25, 0.3) is 0 Å². The van der Waals surface area contributed by atoms with E-state index in [9.17, 15) is 13.2 Å². The van der Waals surface area contributed by atoms with Crippen LogP contribution in [0.25, 0.3) is 0 Å². The number of carbonyl (C=O) groups is 1. The van der Waals surface area contributed by atoms with E-state index in [1.54, 1.807) is 24.3 Å². The topological polar surface area (TPSA) is 85.0 Å². The van der Waals surface area contributed by atoms with Gasteiger partial charge in [-0.05, 0) is 82.9 Å². The van der Waals surface area contributed by atoms with Crippen LogP contribution in [0.5, 0.6) is 0 Å². The van der Waals surface area contributed by atoms with Crippen molar-refractivity contribution < 1.29 is 22.7 Å². The van der Waals surface area contributed by atoms with Crippen molar-refractivity contribution in [3.63, 3.8) is 0 Å². The Morgan fingerprint density at radius 2 is 1.77 bits per heavy atom. The highest BCUT2D eigenvalue weighted by atomic mass is 32.2. The second-order valence-corrected chi connectivity index (χ2v) is 10.7. The van der Waals surface area contributed by atoms with E-state index in [4.69, 9.17) is 9.47 Å². The summed E-state index contributed by atoms with van der Waals surface area (Å²) in [5, 5.41) is 2.74. The quantitative estimate of drug-likeness (QED) is 0.665. The average molecular weight is 432 g/mol. The summed E-state index contributed by atoms with van der Waals surface area (Å²) in [5.41, 5.74) is 2.40. The van der Waals surface area contributed by atoms with Crippen molar-refractivity contribution >= 4 is 21.6 Å². The Morgan fingerprint density at radius 1 is 1.10 bits per heavy atom. The Bertz CT molecular complexity index is 1020. The fraction of sp³-hybridized carbons (Fsp3) is 0.435. The smallest absolute Gasteiger partial charge is 0.412 e. The molecule has 0 aliphatic carbocycles. The van der Waals surface area contributed by atoms with Crippen molar-refractivity contribution in [2.45, 2.75) is 69.5 Å². The first-order valence-electron chi connectivity index (χ1n) is 10.0. The van der Waals surface area contributed by atoms with Crippen LogP contribution in [0.2, 0.25) is 0 Å². The number of sulfone groups is 1. The summed E-state index contributed by atoms with van der Waals surface area (Å²) in [6, 6.07) is 12.5. The van der Waals surface area contributed by atoms with Gasteiger partial charge in [0.05, 0.1) is 4.90 Å². The van der Waals surface area contributed by atoms with Gasteiger partial charge in [-0.1, -0.05) is 23.8 Å². The molecule has 7 heteroatoms. The normalized spacial score (nSPS) is 18.7. The summed E-state index contributed by atoms with van der Waals surface area (Å²) in [6.07, 6.45) is 0.414. The third-order valence-electron chi connectivity index (χ3n) is 4.88. The van der Waals surface area contributed by atoms with Gasteiger partial charge >= 0.3 is 6.09 Å². The maximum absolute atomic E-state index is 12.7. The molecular weight excluding hydrogens is 402 g/mol. The molecule has 2 aromatic carbocycles. The molecular formula is C23H29NO5S. The average Bonchev–Trinajstić information content (AvgIpc) is 3.41. The third kappa shape index (κ3) is 5.61. The lowest BCUT2D eigenvalue weighted by molar-refractivity contribution is 0.0636. The Morgan fingerprint density at radius 3 is 2.40 bits per heavy atom. The van der Waals surface area contributed by atoms with Crippen molar-refractivity contribution in [1.82, 2.24) is 0 Å². The van der Waals surface area contributed by atoms with E-state index in [1.807, 2.05) is 52.8 Å². The molecule has 1 saturated heterocycles. The summed E-state index contributed by atoms with van der Waals surface area (Å²) in [4.78, 5) is 12.3. The molecule has 1 amide bonds. The number of hydrogen-bond acceptors (Lipinski definition) is 5. The van der Waals surface area contributed by atoms with Crippen LogP contribution in [-0.4, -0.2) is 31.7 Å². The number of anilines is 1. The van der Waals surface area contributed by atoms with Crippen molar-refractivity contribution in [1.29, 1.82) is 0 Å². The number of amides is 1. The van der Waals surface area contributed by atoms with Crippen LogP contribution in [0.3, 0.4) is 0 Å². The second-order valence-electron chi connectivity index (χ2n) is 8.71. The van der Waals surface area contributed by atoms with Gasteiger partial charge in [0, 0.05) is 5.69 Å². The van der Waals surface area contributed by atoms with E-state index in [1.165, 1.54) is 0 Å². The molecule has 2 unspecified atom stereocenters. The molecule has 6 nitrogen and oxygen atoms in total. The van der Waals surface area contributed by atoms with Gasteiger partial charge in [-0.2, -0.15) is 0 Å². The Kier molecular flexibility index (Phi) is 6.24. The van der Waals surface area contributed by atoms with Crippen LogP contribution in [0, 0.1) is 13.8 Å². The first-order valence-corrected chi connectivity index (χ1v) is 11.6. The lowest BCUT2D eigenvalue weighted by atomic mass is 10.0. The number of carbonyl (C=O) groups excluding carboxylic acids is 1. The minimum absolute atomic E-state index is 0.292. The van der Waals surface area contributed by atoms with Crippen molar-refractivity contribution in [2.24, 2.45) is 0 Å². The van der Waals surface area contributed by atoms with Gasteiger partial charge in [-0.3, -0.25) is 5.32 Å². The molecule has 3 rings (SSSR count). The molecule has 30 heavy (non-hydrogen) atoms. The molecule has 0 saturated carbocycles. The second kappa shape index (κ2) is 8.40. The first kappa shape index (κ1) is 22.3. The summed E-state index contributed by atoms with van der Waals surface area (Å²) < 4.78 is 36.2. The van der Waals surface area contributed by atoms with Crippen LogP contribution < -0.4 is 5.32 Å². The molecule has 1 aliphatic rings. The molecule has 2 atom stereocenters. The van der Waals surface area contributed by atoms with Gasteiger partial charge in [-0.25, -0.2) is 13.2 Å². The molecule has 162 valence electrons. The number of aryl methyl sites for hydroxylation is 3. The van der Waals surface area contributed by atoms with E-state index in [0.717, 1.165) is 16.7 Å². The molecule has 1 N–H and O–H groups in total. The van der Waals surface area contributed by atoms with Crippen LogP contribution in [0.1, 0.15) is 43.9 Å². The third-order valence-corrected chi connectivity index (χ3v) is 6.84. The molecule has 2 aromatic rings. The predicted molar refractivity (Wildman–Crippen MR) is 116 cm³/mol. The lowest BCUT2D eigenvalue weighted by Crippen LogP contribution is -2.27. The first-order chi connectivity index (χ1) is 14.0. The van der Waals surface area contributed by atoms with Gasteiger partial charge in [0.15, 0.2) is 5.44 Å². The fourth-order valence-electron chi connectivity index (χ4n) is 3.20. The Balaban J connectivity index is 1.60. The molecule has 0 radical (unpaired) electrons. The van der Waals surface area contributed by atoms with Gasteiger partial charge in [0.2, 0.25) is 9.84 Å². The summed E-state index contributed by atoms with van der Waals surface area (Å²) in [6.45, 7) is 9.33. The number of epoxide rings is 1. The number of rotatable bonds is 6. The number of benzene rings is 2. The molecule has 1 fully saturated rings. The van der Waals surface area contributed by atoms with Crippen LogP contribution in [0.15, 0.2) is 47.4 Å². The maximum atomic E-state index is 12.7. The molecule has 0 bridgehead atoms. The predicted octanol–water partition coefficient (Wildman–Crippen LogP) is 4.78. The number of ether oxygens (including phenoxy) is 2. The molecule has 1 heterocycles. The highest BCUT2D eigenvalue weighted by Crippen LogP contribution is 2.36. The van der Waals surface area contributed by atoms with E-state index in [2.05, 4.69) is 5.32 Å². The largest absolute Gasteiger partial charge is 0.444 e. The monoisotopic (exact) mass is 431 g/mol. The van der Waals surface area contributed by atoms with Crippen LogP contribution in [0.4, 0.5) is 10.5 Å². The Labute approximate surface area is 178 Å².